The quantitative estimate of drug-likeness (QED) is 0.413. The zero-order valence-corrected chi connectivity index (χ0v) is 25.2. The average Bonchev–Trinajstić information content (AvgIpc) is 3.70. The summed E-state index contributed by atoms with van der Waals surface area (Å²) in [6, 6.07) is 15.6. The molecule has 41 heavy (non-hydrogen) atoms. The summed E-state index contributed by atoms with van der Waals surface area (Å²) in [6.45, 7) is 12.8. The predicted molar refractivity (Wildman–Crippen MR) is 157 cm³/mol. The van der Waals surface area contributed by atoms with Crippen LogP contribution in [0.5, 0.6) is 11.5 Å². The van der Waals surface area contributed by atoms with Crippen molar-refractivity contribution < 1.29 is 18.9 Å². The summed E-state index contributed by atoms with van der Waals surface area (Å²) in [5.74, 6) is 3.12. The van der Waals surface area contributed by atoms with E-state index in [1.807, 2.05) is 0 Å². The fourth-order valence-electron chi connectivity index (χ4n) is 10.9. The van der Waals surface area contributed by atoms with E-state index in [4.69, 9.17) is 18.9 Å². The molecule has 1 unspecified atom stereocenters. The van der Waals surface area contributed by atoms with Crippen LogP contribution in [0, 0.1) is 22.7 Å². The molecule has 5 nitrogen and oxygen atoms in total. The van der Waals surface area contributed by atoms with Crippen LogP contribution in [-0.4, -0.2) is 48.1 Å². The Morgan fingerprint density at radius 1 is 1.00 bits per heavy atom. The molecule has 8 aliphatic rings. The summed E-state index contributed by atoms with van der Waals surface area (Å²) >= 11 is 0. The summed E-state index contributed by atoms with van der Waals surface area (Å²) in [7, 11) is 0. The number of ether oxygens (including phenoxy) is 4. The Balaban J connectivity index is 1.21. The van der Waals surface area contributed by atoms with Crippen LogP contribution in [0.15, 0.2) is 42.5 Å². The second-order valence-corrected chi connectivity index (χ2v) is 15.7. The van der Waals surface area contributed by atoms with Crippen molar-refractivity contribution in [2.45, 2.75) is 108 Å². The molecule has 5 aliphatic carbocycles. The van der Waals surface area contributed by atoms with Gasteiger partial charge in [-0.15, -0.1) is 0 Å². The average molecular weight is 556 g/mol. The Morgan fingerprint density at radius 3 is 2.61 bits per heavy atom. The highest BCUT2D eigenvalue weighted by Gasteiger charge is 2.83. The Labute approximate surface area is 244 Å². The van der Waals surface area contributed by atoms with E-state index in [0.29, 0.717) is 25.4 Å². The third-order valence-electron chi connectivity index (χ3n) is 13.3. The van der Waals surface area contributed by atoms with Gasteiger partial charge >= 0.3 is 0 Å². The minimum atomic E-state index is -0.338. The van der Waals surface area contributed by atoms with Gasteiger partial charge in [-0.05, 0) is 86.9 Å². The second-order valence-electron chi connectivity index (χ2n) is 15.7. The first-order valence-corrected chi connectivity index (χ1v) is 16.2. The minimum absolute atomic E-state index is 0.00617. The van der Waals surface area contributed by atoms with Gasteiger partial charge in [0.15, 0.2) is 11.5 Å². The second kappa shape index (κ2) is 8.09. The van der Waals surface area contributed by atoms with Crippen molar-refractivity contribution >= 4 is 0 Å². The third-order valence-corrected chi connectivity index (χ3v) is 13.3. The van der Waals surface area contributed by atoms with Gasteiger partial charge in [0.2, 0.25) is 0 Å². The highest BCUT2D eigenvalue weighted by atomic mass is 16.7. The van der Waals surface area contributed by atoms with Gasteiger partial charge in [0, 0.05) is 34.9 Å². The molecule has 0 N–H and O–H groups in total. The normalized spacial score (nSPS) is 41.9. The molecule has 10 rings (SSSR count). The molecule has 7 atom stereocenters. The van der Waals surface area contributed by atoms with E-state index in [1.165, 1.54) is 55.5 Å². The van der Waals surface area contributed by atoms with Gasteiger partial charge in [0.1, 0.15) is 25.1 Å². The minimum Gasteiger partial charge on any atom is -0.485 e. The molecule has 3 spiro atoms. The summed E-state index contributed by atoms with van der Waals surface area (Å²) in [6.07, 6.45) is 8.57. The summed E-state index contributed by atoms with van der Waals surface area (Å²) in [5.41, 5.74) is 3.70. The van der Waals surface area contributed by atoms with Crippen molar-refractivity contribution in [3.63, 3.8) is 0 Å². The lowest BCUT2D eigenvalue weighted by atomic mass is 9.33. The number of nitrogens with zero attached hydrogens (tertiary/aromatic N) is 1. The van der Waals surface area contributed by atoms with Gasteiger partial charge in [0.25, 0.3) is 0 Å². The molecule has 3 heterocycles. The highest BCUT2D eigenvalue weighted by Crippen LogP contribution is 2.79. The molecular weight excluding hydrogens is 510 g/mol. The molecule has 3 aliphatic heterocycles. The SMILES string of the molecule is CC(C)(C)[C@@]1(C)OCO[C@]23CC[C@@]4(CC12)[C@H]1Cc2ccc(OCc5ccccc5)c5c2[C@@]4(CCN1CC1CC1)[C@H]3O5. The lowest BCUT2D eigenvalue weighted by Crippen LogP contribution is -2.84. The summed E-state index contributed by atoms with van der Waals surface area (Å²) in [5, 5.41) is 0. The van der Waals surface area contributed by atoms with E-state index in [0.717, 1.165) is 36.7 Å². The lowest BCUT2D eigenvalue weighted by molar-refractivity contribution is -0.389. The van der Waals surface area contributed by atoms with Gasteiger partial charge in [-0.2, -0.15) is 0 Å². The fourth-order valence-corrected chi connectivity index (χ4v) is 10.9. The summed E-state index contributed by atoms with van der Waals surface area (Å²) < 4.78 is 27.6. The molecule has 4 saturated carbocycles. The van der Waals surface area contributed by atoms with Gasteiger partial charge in [-0.1, -0.05) is 57.2 Å². The topological polar surface area (TPSA) is 40.2 Å². The number of piperidine rings is 1. The highest BCUT2D eigenvalue weighted by molar-refractivity contribution is 5.64. The van der Waals surface area contributed by atoms with Crippen molar-refractivity contribution in [3.05, 3.63) is 59.2 Å². The van der Waals surface area contributed by atoms with E-state index in [-0.39, 0.29) is 33.6 Å². The summed E-state index contributed by atoms with van der Waals surface area (Å²) in [4.78, 5) is 2.93. The smallest absolute Gasteiger partial charge is 0.166 e. The van der Waals surface area contributed by atoms with Gasteiger partial charge in [-0.25, -0.2) is 0 Å². The lowest BCUT2D eigenvalue weighted by Gasteiger charge is -2.77. The van der Waals surface area contributed by atoms with E-state index >= 15 is 0 Å². The Morgan fingerprint density at radius 2 is 1.83 bits per heavy atom. The van der Waals surface area contributed by atoms with Crippen molar-refractivity contribution in [1.29, 1.82) is 0 Å². The van der Waals surface area contributed by atoms with Gasteiger partial charge < -0.3 is 18.9 Å². The number of hydrogen-bond acceptors (Lipinski definition) is 5. The monoisotopic (exact) mass is 555 g/mol. The number of likely N-dealkylation sites (tertiary alicyclic amines) is 1. The molecule has 0 amide bonds. The molecular formula is C36H45NO4. The van der Waals surface area contributed by atoms with Crippen LogP contribution in [0.3, 0.4) is 0 Å². The van der Waals surface area contributed by atoms with Crippen LogP contribution in [0.1, 0.15) is 82.9 Å². The van der Waals surface area contributed by atoms with Crippen LogP contribution in [0.2, 0.25) is 0 Å². The fraction of sp³-hybridized carbons (Fsp3) is 0.667. The van der Waals surface area contributed by atoms with Crippen LogP contribution in [-0.2, 0) is 27.9 Å². The first-order chi connectivity index (χ1) is 19.7. The zero-order valence-electron chi connectivity index (χ0n) is 25.2. The largest absolute Gasteiger partial charge is 0.485 e. The van der Waals surface area contributed by atoms with E-state index in [9.17, 15) is 0 Å². The van der Waals surface area contributed by atoms with Crippen LogP contribution < -0.4 is 9.47 Å². The van der Waals surface area contributed by atoms with Crippen LogP contribution in [0.25, 0.3) is 0 Å². The maximum Gasteiger partial charge on any atom is 0.166 e. The Kier molecular flexibility index (Phi) is 5.02. The first-order valence-electron chi connectivity index (χ1n) is 16.2. The first kappa shape index (κ1) is 25.4. The molecule has 5 heteroatoms. The molecule has 218 valence electrons. The maximum absolute atomic E-state index is 7.40. The molecule has 0 aromatic heterocycles. The number of rotatable bonds is 5. The van der Waals surface area contributed by atoms with Gasteiger partial charge in [0.05, 0.1) is 5.60 Å². The van der Waals surface area contributed by atoms with Crippen molar-refractivity contribution in [3.8, 4) is 11.5 Å². The molecule has 2 aromatic rings. The Bertz CT molecular complexity index is 1400. The molecule has 2 aromatic carbocycles. The zero-order chi connectivity index (χ0) is 27.8. The van der Waals surface area contributed by atoms with Crippen molar-refractivity contribution in [2.75, 3.05) is 19.9 Å². The van der Waals surface area contributed by atoms with Crippen LogP contribution in [0.4, 0.5) is 0 Å². The van der Waals surface area contributed by atoms with Crippen molar-refractivity contribution in [2.24, 2.45) is 22.7 Å². The number of benzene rings is 2. The number of fused-ring (bicyclic) bond motifs is 1. The van der Waals surface area contributed by atoms with E-state index in [2.05, 4.69) is 75.1 Å². The van der Waals surface area contributed by atoms with E-state index in [1.54, 1.807) is 0 Å². The molecule has 0 radical (unpaired) electrons. The molecule has 4 bridgehead atoms. The number of hydrogen-bond donors (Lipinski definition) is 0. The third kappa shape index (κ3) is 3.04. The standard InChI is InChI=1S/C36H45NO4/c1-32(2,3)33(4)27-19-34-14-15-36(27,40-22-39-33)31-35(34)16-17-37(20-23-10-11-23)28(34)18-25-12-13-26(30(41-31)29(25)35)38-21-24-8-6-5-7-9-24/h5-9,12-13,23,27-28,31H,10-11,14-22H2,1-4H3/t27?,28-,31-,33+,34-,35+,36-/m1/s1. The maximum atomic E-state index is 7.40. The molecule has 6 fully saturated rings. The Hall–Kier alpha value is -2.08. The predicted octanol–water partition coefficient (Wildman–Crippen LogP) is 6.65. The van der Waals surface area contributed by atoms with Crippen LogP contribution >= 0.6 is 0 Å². The van der Waals surface area contributed by atoms with Gasteiger partial charge in [-0.3, -0.25) is 4.90 Å². The van der Waals surface area contributed by atoms with Crippen molar-refractivity contribution in [1.82, 2.24) is 4.90 Å². The molecule has 2 saturated heterocycles. The van der Waals surface area contributed by atoms with E-state index < -0.39 is 0 Å².